The number of aliphatic hydroxyl groups is 1. The fraction of sp³-hybridized carbons (Fsp3) is 0.889. The fourth-order valence-electron chi connectivity index (χ4n) is 1.31. The van der Waals surface area contributed by atoms with E-state index in [1.807, 2.05) is 6.92 Å². The summed E-state index contributed by atoms with van der Waals surface area (Å²) < 4.78 is 0. The summed E-state index contributed by atoms with van der Waals surface area (Å²) in [6.45, 7) is 2.85. The van der Waals surface area contributed by atoms with Crippen LogP contribution >= 0.6 is 11.8 Å². The van der Waals surface area contributed by atoms with Gasteiger partial charge in [0.25, 0.3) is 0 Å². The van der Waals surface area contributed by atoms with E-state index in [1.54, 1.807) is 11.8 Å². The molecule has 14 heavy (non-hydrogen) atoms. The summed E-state index contributed by atoms with van der Waals surface area (Å²) in [7, 11) is 0. The molecule has 1 aliphatic heterocycles. The maximum atomic E-state index is 11.6. The zero-order chi connectivity index (χ0) is 10.4. The van der Waals surface area contributed by atoms with Gasteiger partial charge in [-0.05, 0) is 6.42 Å². The monoisotopic (exact) mass is 218 g/mol. The average Bonchev–Trinajstić information content (AvgIpc) is 2.26. The van der Waals surface area contributed by atoms with Crippen LogP contribution in [0.5, 0.6) is 0 Å². The van der Waals surface area contributed by atoms with Crippen LogP contribution in [0.25, 0.3) is 0 Å². The minimum absolute atomic E-state index is 0.0121. The molecule has 1 rings (SSSR count). The first-order valence-corrected chi connectivity index (χ1v) is 6.15. The van der Waals surface area contributed by atoms with Crippen molar-refractivity contribution >= 4 is 17.7 Å². The molecule has 3 N–H and O–H groups in total. The van der Waals surface area contributed by atoms with E-state index >= 15 is 0 Å². The standard InChI is InChI=1S/C9H18N2O2S/c1-2-7(5-12)11-9(13)8-6-14-4-3-10-8/h7-8,10,12H,2-6H2,1H3,(H,11,13). The van der Waals surface area contributed by atoms with E-state index in [9.17, 15) is 4.79 Å². The molecule has 2 atom stereocenters. The topological polar surface area (TPSA) is 61.4 Å². The van der Waals surface area contributed by atoms with Gasteiger partial charge in [0, 0.05) is 18.1 Å². The minimum atomic E-state index is -0.101. The third-order valence-electron chi connectivity index (χ3n) is 2.30. The highest BCUT2D eigenvalue weighted by molar-refractivity contribution is 7.99. The Bertz CT molecular complexity index is 180. The van der Waals surface area contributed by atoms with E-state index < -0.39 is 0 Å². The van der Waals surface area contributed by atoms with E-state index in [-0.39, 0.29) is 24.6 Å². The molecule has 1 fully saturated rings. The molecular formula is C9H18N2O2S. The number of amides is 1. The number of hydrogen-bond donors (Lipinski definition) is 3. The molecule has 0 spiro atoms. The van der Waals surface area contributed by atoms with E-state index in [4.69, 9.17) is 5.11 Å². The SMILES string of the molecule is CCC(CO)NC(=O)C1CSCCN1. The molecule has 2 unspecified atom stereocenters. The fourth-order valence-corrected chi connectivity index (χ4v) is 2.25. The second kappa shape index (κ2) is 6.27. The second-order valence-corrected chi connectivity index (χ2v) is 4.53. The highest BCUT2D eigenvalue weighted by Gasteiger charge is 2.22. The van der Waals surface area contributed by atoms with Gasteiger partial charge in [-0.2, -0.15) is 11.8 Å². The van der Waals surface area contributed by atoms with Crippen LogP contribution in [0.3, 0.4) is 0 Å². The highest BCUT2D eigenvalue weighted by Crippen LogP contribution is 2.07. The Morgan fingerprint density at radius 2 is 2.57 bits per heavy atom. The van der Waals surface area contributed by atoms with Crippen LogP contribution in [0.4, 0.5) is 0 Å². The average molecular weight is 218 g/mol. The third kappa shape index (κ3) is 3.48. The summed E-state index contributed by atoms with van der Waals surface area (Å²) in [4.78, 5) is 11.6. The van der Waals surface area contributed by atoms with Gasteiger partial charge in [0.2, 0.25) is 5.91 Å². The van der Waals surface area contributed by atoms with E-state index in [0.29, 0.717) is 0 Å². The molecule has 1 aliphatic rings. The third-order valence-corrected chi connectivity index (χ3v) is 3.36. The molecule has 0 bridgehead atoms. The number of thioether (sulfide) groups is 1. The lowest BCUT2D eigenvalue weighted by Gasteiger charge is -2.24. The second-order valence-electron chi connectivity index (χ2n) is 3.38. The van der Waals surface area contributed by atoms with Crippen LogP contribution in [0, 0.1) is 0 Å². The van der Waals surface area contributed by atoms with Gasteiger partial charge in [-0.3, -0.25) is 4.79 Å². The van der Waals surface area contributed by atoms with Crippen molar-refractivity contribution in [1.29, 1.82) is 0 Å². The zero-order valence-electron chi connectivity index (χ0n) is 8.45. The summed E-state index contributed by atoms with van der Waals surface area (Å²) in [5, 5.41) is 14.9. The van der Waals surface area contributed by atoms with Crippen LogP contribution in [-0.2, 0) is 4.79 Å². The Balaban J connectivity index is 2.32. The van der Waals surface area contributed by atoms with Gasteiger partial charge in [0.15, 0.2) is 0 Å². The Kier molecular flexibility index (Phi) is 5.29. The lowest BCUT2D eigenvalue weighted by molar-refractivity contribution is -0.123. The first-order chi connectivity index (χ1) is 6.77. The van der Waals surface area contributed by atoms with Crippen molar-refractivity contribution in [2.75, 3.05) is 24.7 Å². The van der Waals surface area contributed by atoms with Crippen molar-refractivity contribution in [3.8, 4) is 0 Å². The van der Waals surface area contributed by atoms with Crippen molar-refractivity contribution in [1.82, 2.24) is 10.6 Å². The van der Waals surface area contributed by atoms with Crippen molar-refractivity contribution < 1.29 is 9.90 Å². The summed E-state index contributed by atoms with van der Waals surface area (Å²) in [5.41, 5.74) is 0. The highest BCUT2D eigenvalue weighted by atomic mass is 32.2. The van der Waals surface area contributed by atoms with Gasteiger partial charge in [0.05, 0.1) is 18.7 Å². The molecule has 5 heteroatoms. The molecule has 0 aliphatic carbocycles. The van der Waals surface area contributed by atoms with E-state index in [1.165, 1.54) is 0 Å². The van der Waals surface area contributed by atoms with Gasteiger partial charge in [-0.15, -0.1) is 0 Å². The number of rotatable bonds is 4. The maximum Gasteiger partial charge on any atom is 0.238 e. The minimum Gasteiger partial charge on any atom is -0.394 e. The first-order valence-electron chi connectivity index (χ1n) is 5.00. The lowest BCUT2D eigenvalue weighted by Crippen LogP contribution is -2.52. The lowest BCUT2D eigenvalue weighted by atomic mass is 10.2. The largest absolute Gasteiger partial charge is 0.394 e. The molecule has 1 heterocycles. The number of carbonyl (C=O) groups is 1. The molecule has 0 aromatic rings. The molecule has 0 radical (unpaired) electrons. The Hall–Kier alpha value is -0.260. The van der Waals surface area contributed by atoms with E-state index in [2.05, 4.69) is 10.6 Å². The van der Waals surface area contributed by atoms with Crippen molar-refractivity contribution in [2.45, 2.75) is 25.4 Å². The molecule has 0 saturated carbocycles. The predicted molar refractivity (Wildman–Crippen MR) is 58.4 cm³/mol. The smallest absolute Gasteiger partial charge is 0.238 e. The van der Waals surface area contributed by atoms with Gasteiger partial charge < -0.3 is 15.7 Å². The molecular weight excluding hydrogens is 200 g/mol. The molecule has 0 aromatic carbocycles. The Morgan fingerprint density at radius 1 is 1.79 bits per heavy atom. The number of carbonyl (C=O) groups excluding carboxylic acids is 1. The predicted octanol–water partition coefficient (Wildman–Crippen LogP) is -0.421. The number of hydrogen-bond acceptors (Lipinski definition) is 4. The Morgan fingerprint density at radius 3 is 3.07 bits per heavy atom. The quantitative estimate of drug-likeness (QED) is 0.600. The number of aliphatic hydroxyl groups excluding tert-OH is 1. The van der Waals surface area contributed by atoms with Crippen molar-refractivity contribution in [3.63, 3.8) is 0 Å². The van der Waals surface area contributed by atoms with Crippen LogP contribution in [0.1, 0.15) is 13.3 Å². The van der Waals surface area contributed by atoms with Gasteiger partial charge in [-0.25, -0.2) is 0 Å². The molecule has 1 amide bonds. The normalized spacial score (nSPS) is 24.3. The van der Waals surface area contributed by atoms with Crippen LogP contribution in [0.2, 0.25) is 0 Å². The van der Waals surface area contributed by atoms with E-state index in [0.717, 1.165) is 24.5 Å². The van der Waals surface area contributed by atoms with Gasteiger partial charge in [-0.1, -0.05) is 6.92 Å². The summed E-state index contributed by atoms with van der Waals surface area (Å²) in [5.74, 6) is 1.91. The summed E-state index contributed by atoms with van der Waals surface area (Å²) >= 11 is 1.79. The van der Waals surface area contributed by atoms with Crippen LogP contribution in [-0.4, -0.2) is 47.8 Å². The van der Waals surface area contributed by atoms with Gasteiger partial charge in [0.1, 0.15) is 0 Å². The van der Waals surface area contributed by atoms with Crippen molar-refractivity contribution in [3.05, 3.63) is 0 Å². The zero-order valence-corrected chi connectivity index (χ0v) is 9.27. The molecule has 82 valence electrons. The Labute approximate surface area is 88.8 Å². The summed E-state index contributed by atoms with van der Waals surface area (Å²) in [6, 6.07) is -0.189. The van der Waals surface area contributed by atoms with Crippen LogP contribution < -0.4 is 10.6 Å². The molecule has 4 nitrogen and oxygen atoms in total. The molecule has 1 saturated heterocycles. The first kappa shape index (κ1) is 11.8. The summed E-state index contributed by atoms with van der Waals surface area (Å²) in [6.07, 6.45) is 0.766. The van der Waals surface area contributed by atoms with Crippen LogP contribution in [0.15, 0.2) is 0 Å². The molecule has 0 aromatic heterocycles. The van der Waals surface area contributed by atoms with Gasteiger partial charge >= 0.3 is 0 Å². The van der Waals surface area contributed by atoms with Crippen molar-refractivity contribution in [2.24, 2.45) is 0 Å². The maximum absolute atomic E-state index is 11.6. The number of nitrogens with one attached hydrogen (secondary N) is 2.